The van der Waals surface area contributed by atoms with Gasteiger partial charge in [-0.05, 0) is 55.5 Å². The van der Waals surface area contributed by atoms with E-state index in [4.69, 9.17) is 9.88 Å². The number of benzene rings is 1. The zero-order valence-electron chi connectivity index (χ0n) is 11.9. The van der Waals surface area contributed by atoms with E-state index in [1.807, 2.05) is 20.8 Å². The summed E-state index contributed by atoms with van der Waals surface area (Å²) in [6, 6.07) is 1.56. The van der Waals surface area contributed by atoms with Gasteiger partial charge in [-0.25, -0.2) is 13.6 Å². The van der Waals surface area contributed by atoms with Gasteiger partial charge in [0.1, 0.15) is 12.4 Å². The van der Waals surface area contributed by atoms with E-state index in [2.05, 4.69) is 6.58 Å². The maximum atomic E-state index is 11.5. The van der Waals surface area contributed by atoms with E-state index in [1.54, 1.807) is 13.0 Å². The van der Waals surface area contributed by atoms with Gasteiger partial charge < -0.3 is 4.74 Å². The number of ether oxygens (including phenoxy) is 1. The molecule has 0 aromatic heterocycles. The molecule has 5 heteroatoms. The number of hydrogen-bond acceptors (Lipinski definition) is 3. The highest BCUT2D eigenvalue weighted by Gasteiger charge is 2.18. The first-order chi connectivity index (χ1) is 8.68. The van der Waals surface area contributed by atoms with Gasteiger partial charge in [-0.1, -0.05) is 13.5 Å². The summed E-state index contributed by atoms with van der Waals surface area (Å²) in [6.45, 7) is 11.7. The highest BCUT2D eigenvalue weighted by Crippen LogP contribution is 2.31. The molecular formula is C14H21NO3S. The molecule has 0 aliphatic carbocycles. The van der Waals surface area contributed by atoms with Gasteiger partial charge in [0.25, 0.3) is 0 Å². The van der Waals surface area contributed by atoms with Crippen LogP contribution in [0.1, 0.15) is 30.0 Å². The van der Waals surface area contributed by atoms with Gasteiger partial charge in [-0.15, -0.1) is 0 Å². The van der Waals surface area contributed by atoms with Crippen LogP contribution in [0.25, 0.3) is 0 Å². The van der Waals surface area contributed by atoms with Crippen molar-refractivity contribution in [3.63, 3.8) is 0 Å². The lowest BCUT2D eigenvalue weighted by molar-refractivity contribution is 0.343. The lowest BCUT2D eigenvalue weighted by Gasteiger charge is -2.17. The Bertz CT molecular complexity index is 604. The van der Waals surface area contributed by atoms with Crippen LogP contribution in [-0.2, 0) is 10.0 Å². The fraction of sp³-hybridized carbons (Fsp3) is 0.429. The molecule has 0 saturated carbocycles. The third-order valence-electron chi connectivity index (χ3n) is 3.21. The van der Waals surface area contributed by atoms with Crippen LogP contribution in [0.15, 0.2) is 23.1 Å². The Morgan fingerprint density at radius 1 is 1.32 bits per heavy atom. The first-order valence-electron chi connectivity index (χ1n) is 6.11. The largest absolute Gasteiger partial charge is 0.489 e. The monoisotopic (exact) mass is 283 g/mol. The molecular weight excluding hydrogens is 262 g/mol. The Hall–Kier alpha value is -1.33. The third kappa shape index (κ3) is 3.58. The van der Waals surface area contributed by atoms with Crippen molar-refractivity contribution in [3.8, 4) is 5.75 Å². The minimum atomic E-state index is -3.70. The van der Waals surface area contributed by atoms with Crippen LogP contribution in [0.4, 0.5) is 0 Å². The minimum Gasteiger partial charge on any atom is -0.489 e. The van der Waals surface area contributed by atoms with Crippen molar-refractivity contribution in [2.45, 2.75) is 39.0 Å². The summed E-state index contributed by atoms with van der Waals surface area (Å²) >= 11 is 0. The molecule has 4 nitrogen and oxygen atoms in total. The molecule has 0 spiro atoms. The molecule has 0 unspecified atom stereocenters. The highest BCUT2D eigenvalue weighted by molar-refractivity contribution is 7.89. The second-order valence-electron chi connectivity index (χ2n) is 4.71. The fourth-order valence-corrected chi connectivity index (χ4v) is 2.74. The number of aryl methyl sites for hydroxylation is 1. The molecule has 2 N–H and O–H groups in total. The van der Waals surface area contributed by atoms with E-state index in [0.717, 1.165) is 23.1 Å². The van der Waals surface area contributed by atoms with Crippen molar-refractivity contribution in [2.24, 2.45) is 5.14 Å². The Labute approximate surface area is 115 Å². The number of hydrogen-bond donors (Lipinski definition) is 1. The molecule has 1 rings (SSSR count). The first-order valence-corrected chi connectivity index (χ1v) is 7.66. The number of primary sulfonamides is 1. The van der Waals surface area contributed by atoms with Gasteiger partial charge in [0, 0.05) is 0 Å². The Morgan fingerprint density at radius 3 is 2.37 bits per heavy atom. The second-order valence-corrected chi connectivity index (χ2v) is 6.24. The van der Waals surface area contributed by atoms with Crippen molar-refractivity contribution in [1.82, 2.24) is 0 Å². The molecule has 0 aliphatic rings. The maximum Gasteiger partial charge on any atom is 0.238 e. The molecule has 19 heavy (non-hydrogen) atoms. The van der Waals surface area contributed by atoms with E-state index < -0.39 is 10.0 Å². The van der Waals surface area contributed by atoms with Crippen molar-refractivity contribution in [2.75, 3.05) is 6.61 Å². The highest BCUT2D eigenvalue weighted by atomic mass is 32.2. The zero-order valence-corrected chi connectivity index (χ0v) is 12.7. The summed E-state index contributed by atoms with van der Waals surface area (Å²) < 4.78 is 28.7. The number of sulfonamides is 1. The van der Waals surface area contributed by atoms with Crippen molar-refractivity contribution in [3.05, 3.63) is 34.9 Å². The quantitative estimate of drug-likeness (QED) is 0.844. The average Bonchev–Trinajstić information content (AvgIpc) is 2.31. The van der Waals surface area contributed by atoms with E-state index in [-0.39, 0.29) is 4.90 Å². The molecule has 1 aromatic carbocycles. The zero-order chi connectivity index (χ0) is 14.8. The average molecular weight is 283 g/mol. The van der Waals surface area contributed by atoms with Gasteiger partial charge in [-0.2, -0.15) is 0 Å². The molecule has 0 atom stereocenters. The molecule has 0 heterocycles. The predicted molar refractivity (Wildman–Crippen MR) is 77.0 cm³/mol. The Balaban J connectivity index is 3.23. The van der Waals surface area contributed by atoms with Crippen LogP contribution < -0.4 is 9.88 Å². The summed E-state index contributed by atoms with van der Waals surface area (Å²) in [4.78, 5) is 0.157. The SMILES string of the molecule is C=C(CC)COc1c(C)cc(S(N)(=O)=O)c(C)c1C. The first kappa shape index (κ1) is 15.7. The Kier molecular flexibility index (Phi) is 4.76. The number of nitrogens with two attached hydrogens (primary N) is 1. The summed E-state index contributed by atoms with van der Waals surface area (Å²) in [5.41, 5.74) is 3.18. The fourth-order valence-electron chi connectivity index (χ4n) is 1.82. The summed E-state index contributed by atoms with van der Waals surface area (Å²) in [5.74, 6) is 0.708. The molecule has 0 aliphatic heterocycles. The summed E-state index contributed by atoms with van der Waals surface area (Å²) in [5, 5.41) is 5.21. The van der Waals surface area contributed by atoms with E-state index in [9.17, 15) is 8.42 Å². The second kappa shape index (κ2) is 5.75. The smallest absolute Gasteiger partial charge is 0.238 e. The molecule has 0 amide bonds. The van der Waals surface area contributed by atoms with Gasteiger partial charge in [-0.3, -0.25) is 0 Å². The molecule has 0 saturated heterocycles. The number of rotatable bonds is 5. The molecule has 0 fully saturated rings. The lowest BCUT2D eigenvalue weighted by atomic mass is 10.1. The lowest BCUT2D eigenvalue weighted by Crippen LogP contribution is -2.15. The van der Waals surface area contributed by atoms with Crippen molar-refractivity contribution in [1.29, 1.82) is 0 Å². The summed E-state index contributed by atoms with van der Waals surface area (Å²) in [6.07, 6.45) is 0.854. The van der Waals surface area contributed by atoms with Crippen LogP contribution in [0, 0.1) is 20.8 Å². The van der Waals surface area contributed by atoms with Crippen molar-refractivity contribution < 1.29 is 13.2 Å². The molecule has 106 valence electrons. The van der Waals surface area contributed by atoms with Crippen LogP contribution >= 0.6 is 0 Å². The van der Waals surface area contributed by atoms with Crippen molar-refractivity contribution >= 4 is 10.0 Å². The van der Waals surface area contributed by atoms with Crippen LogP contribution in [0.5, 0.6) is 5.75 Å². The van der Waals surface area contributed by atoms with E-state index in [0.29, 0.717) is 17.9 Å². The standard InChI is InChI=1S/C14H21NO3S/c1-6-9(2)8-18-14-10(3)7-13(19(15,16)17)11(4)12(14)5/h7H,2,6,8H2,1,3-5H3,(H2,15,16,17). The molecule has 1 aromatic rings. The van der Waals surface area contributed by atoms with E-state index in [1.165, 1.54) is 0 Å². The predicted octanol–water partition coefficient (Wildman–Crippen LogP) is 2.60. The van der Waals surface area contributed by atoms with Crippen LogP contribution in [0.3, 0.4) is 0 Å². The molecule has 0 radical (unpaired) electrons. The van der Waals surface area contributed by atoms with Gasteiger partial charge in [0.2, 0.25) is 10.0 Å². The minimum absolute atomic E-state index is 0.157. The summed E-state index contributed by atoms with van der Waals surface area (Å²) in [7, 11) is -3.70. The maximum absolute atomic E-state index is 11.5. The van der Waals surface area contributed by atoms with Gasteiger partial charge >= 0.3 is 0 Å². The van der Waals surface area contributed by atoms with Gasteiger partial charge in [0.05, 0.1) is 4.90 Å². The van der Waals surface area contributed by atoms with Gasteiger partial charge in [0.15, 0.2) is 0 Å². The van der Waals surface area contributed by atoms with Crippen LogP contribution in [-0.4, -0.2) is 15.0 Å². The molecule has 0 bridgehead atoms. The van der Waals surface area contributed by atoms with E-state index >= 15 is 0 Å². The topological polar surface area (TPSA) is 69.4 Å². The Morgan fingerprint density at radius 2 is 1.89 bits per heavy atom. The normalized spacial score (nSPS) is 11.4. The van der Waals surface area contributed by atoms with Crippen LogP contribution in [0.2, 0.25) is 0 Å². The third-order valence-corrected chi connectivity index (χ3v) is 4.24.